The smallest absolute Gasteiger partial charge is 0.338 e. The minimum absolute atomic E-state index is 0.0650. The fourth-order valence-corrected chi connectivity index (χ4v) is 3.54. The molecule has 0 saturated carbocycles. The van der Waals surface area contributed by atoms with Crippen LogP contribution in [-0.2, 0) is 14.3 Å². The Morgan fingerprint density at radius 1 is 1.12 bits per heavy atom. The fraction of sp³-hybridized carbons (Fsp3) is 0.333. The van der Waals surface area contributed by atoms with Gasteiger partial charge in [-0.2, -0.15) is 0 Å². The first-order valence-electron chi connectivity index (χ1n) is 8.79. The Hall–Kier alpha value is -2.66. The second-order valence-electron chi connectivity index (χ2n) is 6.81. The zero-order chi connectivity index (χ0) is 18.9. The Morgan fingerprint density at radius 2 is 1.62 bits per heavy atom. The molecule has 0 fully saturated rings. The van der Waals surface area contributed by atoms with E-state index in [0.29, 0.717) is 6.42 Å². The number of carbonyl (C=O) groups excluding carboxylic acids is 1. The standard InChI is InChI=1S/C21H23NO4/c1-3-13(2)21(22,19(23)24)20(25)26-12-18-16-10-6-4-8-14(16)15-9-5-7-11-17(15)18/h4-11,13,18H,3,12,22H2,1-2H3,(H,23,24). The van der Waals surface area contributed by atoms with Crippen LogP contribution in [0.25, 0.3) is 11.1 Å². The van der Waals surface area contributed by atoms with Gasteiger partial charge in [0.25, 0.3) is 0 Å². The molecule has 5 heteroatoms. The number of fused-ring (bicyclic) bond motifs is 3. The van der Waals surface area contributed by atoms with Crippen molar-refractivity contribution in [1.82, 2.24) is 0 Å². The van der Waals surface area contributed by atoms with Gasteiger partial charge in [-0.25, -0.2) is 9.59 Å². The van der Waals surface area contributed by atoms with Crippen molar-refractivity contribution in [2.24, 2.45) is 11.7 Å². The van der Waals surface area contributed by atoms with Crippen LogP contribution in [0.1, 0.15) is 37.3 Å². The molecule has 1 aliphatic rings. The van der Waals surface area contributed by atoms with E-state index in [4.69, 9.17) is 10.5 Å². The van der Waals surface area contributed by atoms with E-state index in [9.17, 15) is 14.7 Å². The van der Waals surface area contributed by atoms with E-state index in [0.717, 1.165) is 22.3 Å². The highest BCUT2D eigenvalue weighted by molar-refractivity contribution is 6.04. The third-order valence-corrected chi connectivity index (χ3v) is 5.43. The van der Waals surface area contributed by atoms with E-state index in [1.54, 1.807) is 13.8 Å². The number of carboxylic acid groups (broad SMARTS) is 1. The van der Waals surface area contributed by atoms with Crippen LogP contribution >= 0.6 is 0 Å². The summed E-state index contributed by atoms with van der Waals surface area (Å²) in [4.78, 5) is 24.2. The average Bonchev–Trinajstić information content (AvgIpc) is 2.98. The largest absolute Gasteiger partial charge is 0.479 e. The number of hydrogen-bond donors (Lipinski definition) is 2. The summed E-state index contributed by atoms with van der Waals surface area (Å²) in [7, 11) is 0. The third kappa shape index (κ3) is 2.78. The van der Waals surface area contributed by atoms with Crippen molar-refractivity contribution >= 4 is 11.9 Å². The molecular weight excluding hydrogens is 330 g/mol. The Morgan fingerprint density at radius 3 is 2.08 bits per heavy atom. The molecule has 0 radical (unpaired) electrons. The highest BCUT2D eigenvalue weighted by Gasteiger charge is 2.48. The van der Waals surface area contributed by atoms with Gasteiger partial charge in [0.1, 0.15) is 6.61 Å². The summed E-state index contributed by atoms with van der Waals surface area (Å²) in [5.41, 5.74) is 8.28. The van der Waals surface area contributed by atoms with Crippen LogP contribution in [0.15, 0.2) is 48.5 Å². The lowest BCUT2D eigenvalue weighted by Crippen LogP contribution is -2.60. The quantitative estimate of drug-likeness (QED) is 0.615. The molecule has 2 unspecified atom stereocenters. The second-order valence-corrected chi connectivity index (χ2v) is 6.81. The summed E-state index contributed by atoms with van der Waals surface area (Å²) in [6, 6.07) is 15.9. The van der Waals surface area contributed by atoms with E-state index >= 15 is 0 Å². The Balaban J connectivity index is 1.86. The number of carbonyl (C=O) groups is 2. The monoisotopic (exact) mass is 353 g/mol. The minimum Gasteiger partial charge on any atom is -0.479 e. The topological polar surface area (TPSA) is 89.6 Å². The van der Waals surface area contributed by atoms with Gasteiger partial charge in [-0.3, -0.25) is 0 Å². The maximum Gasteiger partial charge on any atom is 0.338 e. The molecule has 0 saturated heterocycles. The van der Waals surface area contributed by atoms with Crippen LogP contribution in [0, 0.1) is 5.92 Å². The Bertz CT molecular complexity index is 802. The molecule has 5 nitrogen and oxygen atoms in total. The second kappa shape index (κ2) is 6.92. The Kier molecular flexibility index (Phi) is 4.83. The van der Waals surface area contributed by atoms with Crippen molar-refractivity contribution in [1.29, 1.82) is 0 Å². The molecule has 0 bridgehead atoms. The lowest BCUT2D eigenvalue weighted by atomic mass is 9.84. The predicted molar refractivity (Wildman–Crippen MR) is 98.7 cm³/mol. The summed E-state index contributed by atoms with van der Waals surface area (Å²) in [6.07, 6.45) is 0.465. The van der Waals surface area contributed by atoms with Crippen LogP contribution < -0.4 is 5.73 Å². The van der Waals surface area contributed by atoms with Crippen molar-refractivity contribution in [2.45, 2.75) is 31.7 Å². The summed E-state index contributed by atoms with van der Waals surface area (Å²) in [6.45, 7) is 3.51. The summed E-state index contributed by atoms with van der Waals surface area (Å²) in [5.74, 6) is -2.90. The molecule has 2 aromatic rings. The van der Waals surface area contributed by atoms with Gasteiger partial charge >= 0.3 is 11.9 Å². The molecular formula is C21H23NO4. The normalized spacial score (nSPS) is 16.3. The van der Waals surface area contributed by atoms with Crippen LogP contribution in [0.3, 0.4) is 0 Å². The van der Waals surface area contributed by atoms with E-state index in [1.807, 2.05) is 48.5 Å². The zero-order valence-corrected chi connectivity index (χ0v) is 14.9. The van der Waals surface area contributed by atoms with Crippen LogP contribution in [0.4, 0.5) is 0 Å². The lowest BCUT2D eigenvalue weighted by molar-refractivity contribution is -0.164. The lowest BCUT2D eigenvalue weighted by Gasteiger charge is -2.28. The fourth-order valence-electron chi connectivity index (χ4n) is 3.54. The number of hydrogen-bond acceptors (Lipinski definition) is 4. The van der Waals surface area contributed by atoms with Gasteiger partial charge in [0.2, 0.25) is 5.54 Å². The molecule has 3 rings (SSSR count). The highest BCUT2D eigenvalue weighted by Crippen LogP contribution is 2.44. The third-order valence-electron chi connectivity index (χ3n) is 5.43. The highest BCUT2D eigenvalue weighted by atomic mass is 16.5. The number of carboxylic acids is 1. The molecule has 0 amide bonds. The van der Waals surface area contributed by atoms with Crippen molar-refractivity contribution in [3.8, 4) is 11.1 Å². The molecule has 3 N–H and O–H groups in total. The van der Waals surface area contributed by atoms with E-state index in [2.05, 4.69) is 0 Å². The molecule has 0 aromatic heterocycles. The van der Waals surface area contributed by atoms with Crippen molar-refractivity contribution in [2.75, 3.05) is 6.61 Å². The van der Waals surface area contributed by atoms with Crippen LogP contribution in [0.5, 0.6) is 0 Å². The maximum atomic E-state index is 12.6. The van der Waals surface area contributed by atoms with Gasteiger partial charge in [0, 0.05) is 5.92 Å². The SMILES string of the molecule is CCC(C)C(N)(C(=O)O)C(=O)OCC1c2ccccc2-c2ccccc21. The first kappa shape index (κ1) is 18.1. The number of rotatable bonds is 6. The van der Waals surface area contributed by atoms with Gasteiger partial charge < -0.3 is 15.6 Å². The van der Waals surface area contributed by atoms with Crippen LogP contribution in [-0.4, -0.2) is 29.2 Å². The zero-order valence-electron chi connectivity index (χ0n) is 14.9. The first-order valence-corrected chi connectivity index (χ1v) is 8.79. The molecule has 0 heterocycles. The number of benzene rings is 2. The van der Waals surface area contributed by atoms with Crippen molar-refractivity contribution < 1.29 is 19.4 Å². The molecule has 2 aromatic carbocycles. The predicted octanol–water partition coefficient (Wildman–Crippen LogP) is 3.17. The molecule has 136 valence electrons. The van der Waals surface area contributed by atoms with Gasteiger partial charge in [-0.05, 0) is 28.2 Å². The number of nitrogens with two attached hydrogens (primary N) is 1. The van der Waals surface area contributed by atoms with Gasteiger partial charge in [0.05, 0.1) is 0 Å². The number of ether oxygens (including phenoxy) is 1. The number of aliphatic carboxylic acids is 1. The molecule has 0 aliphatic heterocycles. The molecule has 1 aliphatic carbocycles. The van der Waals surface area contributed by atoms with Gasteiger partial charge in [-0.15, -0.1) is 0 Å². The molecule has 26 heavy (non-hydrogen) atoms. The summed E-state index contributed by atoms with van der Waals surface area (Å²) in [5, 5.41) is 9.49. The van der Waals surface area contributed by atoms with Crippen molar-refractivity contribution in [3.05, 3.63) is 59.7 Å². The average molecular weight is 353 g/mol. The van der Waals surface area contributed by atoms with Gasteiger partial charge in [-0.1, -0.05) is 68.8 Å². The minimum atomic E-state index is -2.04. The molecule has 0 spiro atoms. The Labute approximate surface area is 152 Å². The van der Waals surface area contributed by atoms with E-state index in [-0.39, 0.29) is 12.5 Å². The number of esters is 1. The van der Waals surface area contributed by atoms with Crippen molar-refractivity contribution in [3.63, 3.8) is 0 Å². The van der Waals surface area contributed by atoms with E-state index in [1.165, 1.54) is 0 Å². The van der Waals surface area contributed by atoms with E-state index < -0.39 is 23.4 Å². The summed E-state index contributed by atoms with van der Waals surface area (Å²) >= 11 is 0. The maximum absolute atomic E-state index is 12.6. The summed E-state index contributed by atoms with van der Waals surface area (Å²) < 4.78 is 5.44. The van der Waals surface area contributed by atoms with Gasteiger partial charge in [0.15, 0.2) is 0 Å². The molecule has 2 atom stereocenters. The van der Waals surface area contributed by atoms with Crippen LogP contribution in [0.2, 0.25) is 0 Å². The first-order chi connectivity index (χ1) is 12.4.